The molecule has 0 aromatic heterocycles. The molecule has 21 nitrogen and oxygen atoms in total. The standard InChI is InChI=1S/C73H90N10O11/c1-45(74-5)66(86)81-65(73(2,3)4)70(90)83-41-49(39-62(83)68(88)79-59-34-18-26-48-24-10-12-28-52(48)59)76-64(85)37-19-36-63(84)75-38-20-35-60(80-72(92)93-43-46-21-7-6-8-22-46)69(89)82-42-50(40-61(82)67(87)78-58-33-17-25-47-23-9-11-27-51(47)58)77-71(91)94-44-57-55-31-15-13-29-53(55)54-30-14-16-32-56(54)57/h6-16,21-24,27-32,45,49-50,57-62,65,74H,17-20,25-26,33-44H2,1-5H3,(H,75,84)(H,76,85)(H,77,91)(H,78,87)(H,79,88)(H,80,92)(H,81,86)/t45-,49-,50-,58+,59?,60-,61-,62-,65+/m0/s1. The Hall–Kier alpha value is -9.11. The van der Waals surface area contributed by atoms with Gasteiger partial charge in [0.15, 0.2) is 0 Å². The molecule has 10 rings (SSSR count). The zero-order valence-corrected chi connectivity index (χ0v) is 54.5. The minimum Gasteiger partial charge on any atom is -0.449 e. The quantitative estimate of drug-likeness (QED) is 0.0280. The van der Waals surface area contributed by atoms with Gasteiger partial charge in [0.1, 0.15) is 37.4 Å². The number of benzene rings is 5. The van der Waals surface area contributed by atoms with Crippen molar-refractivity contribution >= 4 is 53.5 Å². The summed E-state index contributed by atoms with van der Waals surface area (Å²) >= 11 is 0. The lowest BCUT2D eigenvalue weighted by atomic mass is 9.85. The Bertz CT molecular complexity index is 3510. The van der Waals surface area contributed by atoms with E-state index in [1.807, 2.05) is 112 Å². The molecule has 5 aromatic carbocycles. The molecule has 3 aliphatic carbocycles. The van der Waals surface area contributed by atoms with Gasteiger partial charge in [-0.15, -0.1) is 0 Å². The SMILES string of the molecule is CN[C@@H](C)C(=O)N[C@H](C(=O)N1C[C@@H](NC(=O)CCCC(=O)NCCC[C@H](NC(=O)OCc2ccccc2)C(=O)N2C[C@@H](NC(=O)OCC3c4ccccc4-c4ccccc43)C[C@H]2C(=O)N[C@@H]2CCCc3ccccc32)C[C@H]1C(=O)NC1CCCc2ccccc21)C(C)(C)C. The molecule has 0 radical (unpaired) electrons. The summed E-state index contributed by atoms with van der Waals surface area (Å²) in [6.07, 6.45) is 3.94. The average Bonchev–Trinajstić information content (AvgIpc) is 1.61. The first-order valence-electron chi connectivity index (χ1n) is 33.3. The zero-order chi connectivity index (χ0) is 66.5. The third-order valence-corrected chi connectivity index (χ3v) is 19.0. The van der Waals surface area contributed by atoms with Crippen molar-refractivity contribution in [3.63, 3.8) is 0 Å². The smallest absolute Gasteiger partial charge is 0.408 e. The van der Waals surface area contributed by atoms with Crippen molar-refractivity contribution in [1.82, 2.24) is 52.3 Å². The Labute approximate surface area is 550 Å². The van der Waals surface area contributed by atoms with Crippen LogP contribution in [0.3, 0.4) is 0 Å². The molecule has 5 aliphatic rings. The Balaban J connectivity index is 0.765. The second-order valence-electron chi connectivity index (χ2n) is 26.6. The molecule has 2 heterocycles. The van der Waals surface area contributed by atoms with E-state index in [1.165, 1.54) is 9.80 Å². The van der Waals surface area contributed by atoms with Crippen molar-refractivity contribution in [2.24, 2.45) is 5.41 Å². The maximum absolute atomic E-state index is 15.1. The van der Waals surface area contributed by atoms with Crippen molar-refractivity contribution < 1.29 is 52.6 Å². The molecule has 8 N–H and O–H groups in total. The summed E-state index contributed by atoms with van der Waals surface area (Å²) in [5, 5.41) is 23.9. The van der Waals surface area contributed by atoms with E-state index in [0.29, 0.717) is 6.42 Å². The van der Waals surface area contributed by atoms with E-state index < -0.39 is 77.6 Å². The Kier molecular flexibility index (Phi) is 22.5. The van der Waals surface area contributed by atoms with Crippen LogP contribution in [-0.4, -0.2) is 139 Å². The van der Waals surface area contributed by atoms with Crippen molar-refractivity contribution in [2.45, 2.75) is 178 Å². The first-order valence-corrected chi connectivity index (χ1v) is 33.3. The van der Waals surface area contributed by atoms with Crippen LogP contribution in [0, 0.1) is 5.41 Å². The van der Waals surface area contributed by atoms with Gasteiger partial charge in [-0.3, -0.25) is 33.6 Å². The number of carbonyl (C=O) groups is 9. The van der Waals surface area contributed by atoms with Gasteiger partial charge >= 0.3 is 12.2 Å². The molecule has 498 valence electrons. The minimum absolute atomic E-state index is 0.0187. The first kappa shape index (κ1) is 67.8. The van der Waals surface area contributed by atoms with Crippen molar-refractivity contribution in [2.75, 3.05) is 33.3 Å². The summed E-state index contributed by atoms with van der Waals surface area (Å²) < 4.78 is 11.5. The number of amides is 9. The molecule has 0 saturated carbocycles. The molecular weight excluding hydrogens is 1190 g/mol. The Morgan fingerprint density at radius 2 is 1.09 bits per heavy atom. The van der Waals surface area contributed by atoms with Gasteiger partial charge in [0.2, 0.25) is 41.4 Å². The third kappa shape index (κ3) is 16.8. The van der Waals surface area contributed by atoms with E-state index in [2.05, 4.69) is 66.8 Å². The van der Waals surface area contributed by atoms with E-state index in [-0.39, 0.29) is 119 Å². The number of carbonyl (C=O) groups excluding carboxylic acids is 9. The minimum atomic E-state index is -1.22. The van der Waals surface area contributed by atoms with Gasteiger partial charge in [-0.05, 0) is 140 Å². The average molecular weight is 1280 g/mol. The summed E-state index contributed by atoms with van der Waals surface area (Å²) in [5.74, 6) is -3.04. The molecular formula is C73H90N10O11. The second-order valence-corrected chi connectivity index (χ2v) is 26.6. The lowest BCUT2D eigenvalue weighted by molar-refractivity contribution is -0.144. The zero-order valence-electron chi connectivity index (χ0n) is 54.5. The summed E-state index contributed by atoms with van der Waals surface area (Å²) in [6, 6.07) is 34.4. The maximum atomic E-state index is 15.1. The predicted molar refractivity (Wildman–Crippen MR) is 354 cm³/mol. The first-order chi connectivity index (χ1) is 45.3. The number of nitrogens with one attached hydrogen (secondary N) is 8. The highest BCUT2D eigenvalue weighted by Gasteiger charge is 2.47. The van der Waals surface area contributed by atoms with Gasteiger partial charge in [-0.1, -0.05) is 148 Å². The number of alkyl carbamates (subject to hydrolysis) is 2. The van der Waals surface area contributed by atoms with Crippen LogP contribution >= 0.6 is 0 Å². The van der Waals surface area contributed by atoms with Crippen LogP contribution in [0.2, 0.25) is 0 Å². The molecule has 9 amide bonds. The van der Waals surface area contributed by atoms with Gasteiger partial charge in [0.05, 0.1) is 24.2 Å². The summed E-state index contributed by atoms with van der Waals surface area (Å²) in [6.45, 7) is 7.27. The molecule has 0 bridgehead atoms. The topological polar surface area (TPSA) is 275 Å². The van der Waals surface area contributed by atoms with E-state index in [0.717, 1.165) is 82.2 Å². The fraction of sp³-hybridized carbons (Fsp3) is 0.466. The van der Waals surface area contributed by atoms with Crippen LogP contribution in [0.15, 0.2) is 127 Å². The van der Waals surface area contributed by atoms with Crippen LogP contribution < -0.4 is 42.5 Å². The Morgan fingerprint density at radius 1 is 0.564 bits per heavy atom. The monoisotopic (exact) mass is 1280 g/mol. The highest BCUT2D eigenvalue weighted by molar-refractivity contribution is 5.95. The fourth-order valence-electron chi connectivity index (χ4n) is 13.9. The van der Waals surface area contributed by atoms with Gasteiger partial charge in [-0.25, -0.2) is 9.59 Å². The number of rotatable bonds is 24. The number of ether oxygens (including phenoxy) is 2. The van der Waals surface area contributed by atoms with E-state index >= 15 is 4.79 Å². The molecule has 5 aromatic rings. The fourth-order valence-corrected chi connectivity index (χ4v) is 13.9. The van der Waals surface area contributed by atoms with Crippen molar-refractivity contribution in [3.8, 4) is 11.1 Å². The molecule has 94 heavy (non-hydrogen) atoms. The number of nitrogens with zero attached hydrogens (tertiary/aromatic N) is 2. The van der Waals surface area contributed by atoms with Crippen LogP contribution in [0.1, 0.15) is 155 Å². The van der Waals surface area contributed by atoms with Crippen LogP contribution in [0.5, 0.6) is 0 Å². The third-order valence-electron chi connectivity index (χ3n) is 19.0. The van der Waals surface area contributed by atoms with E-state index in [9.17, 15) is 38.4 Å². The molecule has 1 unspecified atom stereocenters. The molecule has 2 fully saturated rings. The maximum Gasteiger partial charge on any atom is 0.408 e. The number of likely N-dealkylation sites (tertiary alicyclic amines) is 2. The summed E-state index contributed by atoms with van der Waals surface area (Å²) in [7, 11) is 1.65. The Morgan fingerprint density at radius 3 is 1.66 bits per heavy atom. The second kappa shape index (κ2) is 31.2. The van der Waals surface area contributed by atoms with Crippen LogP contribution in [-0.2, 0) is 62.5 Å². The summed E-state index contributed by atoms with van der Waals surface area (Å²) in [5.41, 5.74) is 8.60. The van der Waals surface area contributed by atoms with Gasteiger partial charge in [-0.2, -0.15) is 0 Å². The molecule has 21 heteroatoms. The van der Waals surface area contributed by atoms with Crippen LogP contribution in [0.25, 0.3) is 11.1 Å². The number of fused-ring (bicyclic) bond motifs is 5. The van der Waals surface area contributed by atoms with E-state index in [1.54, 1.807) is 26.1 Å². The highest BCUT2D eigenvalue weighted by atomic mass is 16.6. The van der Waals surface area contributed by atoms with Gasteiger partial charge < -0.3 is 61.8 Å². The molecule has 0 spiro atoms. The largest absolute Gasteiger partial charge is 0.449 e. The van der Waals surface area contributed by atoms with Gasteiger partial charge in [0.25, 0.3) is 0 Å². The predicted octanol–water partition coefficient (Wildman–Crippen LogP) is 7.47. The normalized spacial score (nSPS) is 20.5. The van der Waals surface area contributed by atoms with Crippen LogP contribution in [0.4, 0.5) is 9.59 Å². The lowest BCUT2D eigenvalue weighted by Gasteiger charge is -2.36. The molecule has 2 aliphatic heterocycles. The number of hydrogen-bond acceptors (Lipinski definition) is 12. The summed E-state index contributed by atoms with van der Waals surface area (Å²) in [4.78, 5) is 129. The van der Waals surface area contributed by atoms with Crippen molar-refractivity contribution in [3.05, 3.63) is 166 Å². The van der Waals surface area contributed by atoms with Gasteiger partial charge in [0, 0.05) is 44.4 Å². The number of hydrogen-bond donors (Lipinski definition) is 8. The number of aryl methyl sites for hydroxylation is 2. The lowest BCUT2D eigenvalue weighted by Crippen LogP contribution is -2.59. The molecule has 9 atom stereocenters. The highest BCUT2D eigenvalue weighted by Crippen LogP contribution is 2.45. The van der Waals surface area contributed by atoms with Crippen molar-refractivity contribution in [1.29, 1.82) is 0 Å². The number of likely N-dealkylation sites (N-methyl/N-ethyl adjacent to an activating group) is 1. The van der Waals surface area contributed by atoms with E-state index in [4.69, 9.17) is 9.47 Å². The molecule has 2 saturated heterocycles.